The second kappa shape index (κ2) is 8.36. The predicted octanol–water partition coefficient (Wildman–Crippen LogP) is 5.66. The van der Waals surface area contributed by atoms with Crippen molar-refractivity contribution in [3.05, 3.63) is 86.0 Å². The van der Waals surface area contributed by atoms with Gasteiger partial charge in [-0.25, -0.2) is 4.79 Å². The number of rotatable bonds is 5. The maximum atomic E-state index is 12.3. The van der Waals surface area contributed by atoms with E-state index in [2.05, 4.69) is 5.32 Å². The summed E-state index contributed by atoms with van der Waals surface area (Å²) in [6, 6.07) is 15.1. The molecule has 0 aliphatic carbocycles. The van der Waals surface area contributed by atoms with E-state index in [1.165, 1.54) is 11.3 Å². The van der Waals surface area contributed by atoms with E-state index in [-0.39, 0.29) is 12.5 Å². The molecule has 3 rings (SSSR count). The minimum Gasteiger partial charge on any atom is -0.457 e. The Labute approximate surface area is 164 Å². The molecule has 7 heteroatoms. The van der Waals surface area contributed by atoms with Gasteiger partial charge in [0.25, 0.3) is 5.91 Å². The summed E-state index contributed by atoms with van der Waals surface area (Å²) in [5.41, 5.74) is 1.51. The molecule has 0 saturated carbocycles. The third kappa shape index (κ3) is 4.64. The van der Waals surface area contributed by atoms with Crippen LogP contribution in [0.4, 0.5) is 5.69 Å². The van der Waals surface area contributed by atoms with Crippen molar-refractivity contribution in [3.8, 4) is 0 Å². The molecule has 1 N–H and O–H groups in total. The zero-order valence-corrected chi connectivity index (χ0v) is 15.7. The lowest BCUT2D eigenvalue weighted by atomic mass is 10.2. The minimum absolute atomic E-state index is 0.0284. The first-order valence-electron chi connectivity index (χ1n) is 7.59. The largest absolute Gasteiger partial charge is 0.457 e. The van der Waals surface area contributed by atoms with Crippen LogP contribution in [0.5, 0.6) is 0 Å². The number of hydrogen-bond acceptors (Lipinski definition) is 4. The summed E-state index contributed by atoms with van der Waals surface area (Å²) in [4.78, 5) is 24.9. The van der Waals surface area contributed by atoms with E-state index in [4.69, 9.17) is 27.9 Å². The molecule has 132 valence electrons. The highest BCUT2D eigenvalue weighted by atomic mass is 35.5. The van der Waals surface area contributed by atoms with E-state index in [1.807, 2.05) is 5.38 Å². The van der Waals surface area contributed by atoms with Crippen molar-refractivity contribution in [1.82, 2.24) is 0 Å². The van der Waals surface area contributed by atoms with Crippen molar-refractivity contribution in [3.63, 3.8) is 0 Å². The van der Waals surface area contributed by atoms with E-state index in [0.717, 1.165) is 0 Å². The monoisotopic (exact) mass is 405 g/mol. The fourth-order valence-corrected chi connectivity index (χ4v) is 3.27. The van der Waals surface area contributed by atoms with Gasteiger partial charge in [0, 0.05) is 21.3 Å². The number of thiophene rings is 1. The summed E-state index contributed by atoms with van der Waals surface area (Å²) in [5.74, 6) is -0.735. The van der Waals surface area contributed by atoms with Gasteiger partial charge >= 0.3 is 5.97 Å². The van der Waals surface area contributed by atoms with Gasteiger partial charge in [-0.3, -0.25) is 4.79 Å². The highest BCUT2D eigenvalue weighted by Crippen LogP contribution is 2.22. The van der Waals surface area contributed by atoms with Gasteiger partial charge in [-0.1, -0.05) is 41.4 Å². The number of amides is 1. The van der Waals surface area contributed by atoms with Crippen LogP contribution < -0.4 is 5.32 Å². The number of carbonyl (C=O) groups is 2. The molecule has 0 bridgehead atoms. The molecule has 0 aliphatic heterocycles. The van der Waals surface area contributed by atoms with Gasteiger partial charge in [0.1, 0.15) is 6.61 Å². The molecule has 0 aliphatic rings. The van der Waals surface area contributed by atoms with Gasteiger partial charge in [0.05, 0.1) is 10.4 Å². The molecule has 26 heavy (non-hydrogen) atoms. The van der Waals surface area contributed by atoms with Crippen LogP contribution in [0.1, 0.15) is 25.6 Å². The normalized spacial score (nSPS) is 10.4. The molecule has 3 aromatic rings. The standard InChI is InChI=1S/C19H13Cl2NO3S/c20-14-7-6-13(16(21)10-14)11-25-19(24)12-3-1-4-15(9-12)22-18(23)17-5-2-8-26-17/h1-10H,11H2,(H,22,23). The van der Waals surface area contributed by atoms with Crippen molar-refractivity contribution in [2.24, 2.45) is 0 Å². The number of hydrogen-bond donors (Lipinski definition) is 1. The molecule has 0 spiro atoms. The SMILES string of the molecule is O=C(OCc1ccc(Cl)cc1Cl)c1cccc(NC(=O)c2cccs2)c1. The molecule has 0 radical (unpaired) electrons. The first-order chi connectivity index (χ1) is 12.5. The van der Waals surface area contributed by atoms with E-state index >= 15 is 0 Å². The molecule has 0 unspecified atom stereocenters. The lowest BCUT2D eigenvalue weighted by molar-refractivity contribution is 0.0472. The molecular formula is C19H13Cl2NO3S. The second-order valence-electron chi connectivity index (χ2n) is 5.32. The Balaban J connectivity index is 1.65. The van der Waals surface area contributed by atoms with Crippen LogP contribution in [0.15, 0.2) is 60.0 Å². The van der Waals surface area contributed by atoms with Crippen molar-refractivity contribution >= 4 is 52.1 Å². The zero-order chi connectivity index (χ0) is 18.5. The van der Waals surface area contributed by atoms with E-state index in [1.54, 1.807) is 54.6 Å². The maximum Gasteiger partial charge on any atom is 0.338 e. The highest BCUT2D eigenvalue weighted by molar-refractivity contribution is 7.12. The smallest absolute Gasteiger partial charge is 0.338 e. The lowest BCUT2D eigenvalue weighted by Crippen LogP contribution is -2.11. The molecule has 0 saturated heterocycles. The third-order valence-corrected chi connectivity index (χ3v) is 4.93. The van der Waals surface area contributed by atoms with Crippen LogP contribution >= 0.6 is 34.5 Å². The van der Waals surface area contributed by atoms with Crippen LogP contribution in [0, 0.1) is 0 Å². The molecule has 0 fully saturated rings. The Kier molecular flexibility index (Phi) is 5.93. The Morgan fingerprint density at radius 1 is 1.04 bits per heavy atom. The Morgan fingerprint density at radius 2 is 1.88 bits per heavy atom. The quantitative estimate of drug-likeness (QED) is 0.556. The zero-order valence-electron chi connectivity index (χ0n) is 13.4. The van der Waals surface area contributed by atoms with Crippen LogP contribution in [0.25, 0.3) is 0 Å². The summed E-state index contributed by atoms with van der Waals surface area (Å²) in [6.45, 7) is 0.0284. The summed E-state index contributed by atoms with van der Waals surface area (Å²) < 4.78 is 5.29. The maximum absolute atomic E-state index is 12.3. The molecule has 0 atom stereocenters. The minimum atomic E-state index is -0.511. The van der Waals surface area contributed by atoms with Crippen LogP contribution in [-0.4, -0.2) is 11.9 Å². The number of halogens is 2. The first kappa shape index (κ1) is 18.5. The average molecular weight is 406 g/mol. The van der Waals surface area contributed by atoms with Gasteiger partial charge in [0.2, 0.25) is 0 Å². The molecule has 1 aromatic heterocycles. The van der Waals surface area contributed by atoms with Gasteiger partial charge in [-0.05, 0) is 41.8 Å². The van der Waals surface area contributed by atoms with Gasteiger partial charge < -0.3 is 10.1 Å². The van der Waals surface area contributed by atoms with Gasteiger partial charge in [0.15, 0.2) is 0 Å². The number of ether oxygens (including phenoxy) is 1. The summed E-state index contributed by atoms with van der Waals surface area (Å²) in [7, 11) is 0. The fraction of sp³-hybridized carbons (Fsp3) is 0.0526. The van der Waals surface area contributed by atoms with Crippen LogP contribution in [0.2, 0.25) is 10.0 Å². The average Bonchev–Trinajstić information content (AvgIpc) is 3.16. The van der Waals surface area contributed by atoms with Crippen molar-refractivity contribution in [2.75, 3.05) is 5.32 Å². The Morgan fingerprint density at radius 3 is 2.62 bits per heavy atom. The van der Waals surface area contributed by atoms with Crippen LogP contribution in [-0.2, 0) is 11.3 Å². The Hall–Kier alpha value is -2.34. The lowest BCUT2D eigenvalue weighted by Gasteiger charge is -2.09. The Bertz CT molecular complexity index is 942. The summed E-state index contributed by atoms with van der Waals surface area (Å²) in [5, 5.41) is 5.53. The topological polar surface area (TPSA) is 55.4 Å². The molecule has 2 aromatic carbocycles. The van der Waals surface area contributed by atoms with Crippen LogP contribution in [0.3, 0.4) is 0 Å². The molecule has 4 nitrogen and oxygen atoms in total. The van der Waals surface area contributed by atoms with E-state index in [9.17, 15) is 9.59 Å². The molecule has 1 heterocycles. The van der Waals surface area contributed by atoms with Gasteiger partial charge in [-0.15, -0.1) is 11.3 Å². The number of benzene rings is 2. The third-order valence-electron chi connectivity index (χ3n) is 3.47. The van der Waals surface area contributed by atoms with Crippen molar-refractivity contribution in [2.45, 2.75) is 6.61 Å². The van der Waals surface area contributed by atoms with Crippen molar-refractivity contribution in [1.29, 1.82) is 0 Å². The number of anilines is 1. The number of carbonyl (C=O) groups excluding carboxylic acids is 2. The highest BCUT2D eigenvalue weighted by Gasteiger charge is 2.12. The number of nitrogens with one attached hydrogen (secondary N) is 1. The van der Waals surface area contributed by atoms with E-state index in [0.29, 0.717) is 31.7 Å². The summed E-state index contributed by atoms with van der Waals surface area (Å²) in [6.07, 6.45) is 0. The fourth-order valence-electron chi connectivity index (χ4n) is 2.19. The van der Waals surface area contributed by atoms with Crippen molar-refractivity contribution < 1.29 is 14.3 Å². The second-order valence-corrected chi connectivity index (χ2v) is 7.12. The van der Waals surface area contributed by atoms with Gasteiger partial charge in [-0.2, -0.15) is 0 Å². The first-order valence-corrected chi connectivity index (χ1v) is 9.22. The van der Waals surface area contributed by atoms with E-state index < -0.39 is 5.97 Å². The number of esters is 1. The molecular weight excluding hydrogens is 393 g/mol. The predicted molar refractivity (Wildman–Crippen MR) is 104 cm³/mol. The summed E-state index contributed by atoms with van der Waals surface area (Å²) >= 11 is 13.3. The molecule has 1 amide bonds.